The number of hydrogen-bond donors (Lipinski definition) is 2. The summed E-state index contributed by atoms with van der Waals surface area (Å²) in [5, 5.41) is 9.66. The molecule has 4 aromatic rings. The third-order valence-corrected chi connectivity index (χ3v) is 6.09. The van der Waals surface area contributed by atoms with Crippen LogP contribution in [0.4, 0.5) is 10.8 Å². The number of carbonyl (C=O) groups excluding carboxylic acids is 2. The Labute approximate surface area is 179 Å². The number of fused-ring (bicyclic) bond motifs is 2. The average molecular weight is 438 g/mol. The van der Waals surface area contributed by atoms with Crippen LogP contribution in [0, 0.1) is 0 Å². The zero-order chi connectivity index (χ0) is 20.5. The number of aromatic nitrogens is 1. The summed E-state index contributed by atoms with van der Waals surface area (Å²) < 4.78 is 12.1. The molecule has 7 nitrogen and oxygen atoms in total. The summed E-state index contributed by atoms with van der Waals surface area (Å²) in [6.07, 6.45) is 0. The van der Waals surface area contributed by atoms with E-state index in [2.05, 4.69) is 15.6 Å². The molecular formula is C21H15N3O4S2. The second-order valence-corrected chi connectivity index (χ2v) is 8.26. The molecular weight excluding hydrogens is 422 g/mol. The number of anilines is 2. The van der Waals surface area contributed by atoms with Crippen LogP contribution in [0.5, 0.6) is 11.5 Å². The molecule has 2 aromatic heterocycles. The van der Waals surface area contributed by atoms with Crippen LogP contribution in [0.1, 0.15) is 20.7 Å². The third-order valence-electron chi connectivity index (χ3n) is 4.48. The van der Waals surface area contributed by atoms with Crippen molar-refractivity contribution in [2.75, 3.05) is 23.8 Å². The number of benzene rings is 2. The van der Waals surface area contributed by atoms with Gasteiger partial charge in [-0.1, -0.05) is 23.5 Å². The lowest BCUT2D eigenvalue weighted by atomic mass is 10.1. The number of para-hydroxylation sites is 1. The van der Waals surface area contributed by atoms with Gasteiger partial charge in [-0.05, 0) is 23.6 Å². The van der Waals surface area contributed by atoms with E-state index in [1.54, 1.807) is 35.7 Å². The Morgan fingerprint density at radius 3 is 2.57 bits per heavy atom. The fourth-order valence-electron chi connectivity index (χ4n) is 3.06. The number of nitrogens with zero attached hydrogens (tertiary/aromatic N) is 1. The molecule has 0 spiro atoms. The number of rotatable bonds is 4. The minimum absolute atomic E-state index is 0.262. The van der Waals surface area contributed by atoms with Crippen molar-refractivity contribution >= 4 is 55.5 Å². The lowest BCUT2D eigenvalue weighted by Gasteiger charge is -2.17. The molecule has 30 heavy (non-hydrogen) atoms. The van der Waals surface area contributed by atoms with Crippen LogP contribution in [0.25, 0.3) is 10.2 Å². The first kappa shape index (κ1) is 18.6. The maximum atomic E-state index is 12.9. The molecule has 2 amide bonds. The molecule has 150 valence electrons. The Morgan fingerprint density at radius 1 is 0.967 bits per heavy atom. The van der Waals surface area contributed by atoms with E-state index in [1.807, 2.05) is 17.5 Å². The Balaban J connectivity index is 1.38. The van der Waals surface area contributed by atoms with Crippen LogP contribution in [-0.4, -0.2) is 30.0 Å². The van der Waals surface area contributed by atoms with Crippen LogP contribution in [0.15, 0.2) is 53.2 Å². The van der Waals surface area contributed by atoms with Crippen molar-refractivity contribution in [2.24, 2.45) is 0 Å². The second kappa shape index (κ2) is 7.77. The van der Waals surface area contributed by atoms with E-state index in [9.17, 15) is 9.59 Å². The molecule has 3 heterocycles. The van der Waals surface area contributed by atoms with Crippen LogP contribution in [-0.2, 0) is 0 Å². The largest absolute Gasteiger partial charge is 0.486 e. The molecule has 0 fully saturated rings. The molecule has 1 aliphatic heterocycles. The highest BCUT2D eigenvalue weighted by Gasteiger charge is 2.18. The van der Waals surface area contributed by atoms with Crippen molar-refractivity contribution in [3.05, 3.63) is 64.4 Å². The SMILES string of the molecule is O=C(Nc1ccccc1C(=O)Nc1nc2cc3c(cc2s1)OCCO3)c1ccsc1. The second-order valence-electron chi connectivity index (χ2n) is 6.45. The summed E-state index contributed by atoms with van der Waals surface area (Å²) in [7, 11) is 0. The number of carbonyl (C=O) groups is 2. The normalized spacial score (nSPS) is 12.5. The molecule has 0 saturated heterocycles. The average Bonchev–Trinajstić information content (AvgIpc) is 3.42. The quantitative estimate of drug-likeness (QED) is 0.486. The molecule has 5 rings (SSSR count). The Kier molecular flexibility index (Phi) is 4.82. The van der Waals surface area contributed by atoms with Crippen LogP contribution in [0.2, 0.25) is 0 Å². The van der Waals surface area contributed by atoms with E-state index in [4.69, 9.17) is 9.47 Å². The van der Waals surface area contributed by atoms with Crippen molar-refractivity contribution in [3.63, 3.8) is 0 Å². The minimum atomic E-state index is -0.354. The standard InChI is InChI=1S/C21H15N3O4S2/c25-19(12-5-8-29-11-12)22-14-4-2-1-3-13(14)20(26)24-21-23-15-9-16-17(10-18(15)30-21)28-7-6-27-16/h1-5,8-11H,6-7H2,(H,22,25)(H,23,24,26). The van der Waals surface area contributed by atoms with Gasteiger partial charge < -0.3 is 14.8 Å². The summed E-state index contributed by atoms with van der Waals surface area (Å²) in [4.78, 5) is 29.8. The van der Waals surface area contributed by atoms with Crippen molar-refractivity contribution in [3.8, 4) is 11.5 Å². The van der Waals surface area contributed by atoms with Gasteiger partial charge in [0.05, 0.1) is 27.0 Å². The summed E-state index contributed by atoms with van der Waals surface area (Å²) in [6.45, 7) is 1.01. The van der Waals surface area contributed by atoms with Gasteiger partial charge >= 0.3 is 0 Å². The van der Waals surface area contributed by atoms with E-state index in [1.165, 1.54) is 22.7 Å². The summed E-state index contributed by atoms with van der Waals surface area (Å²) in [6, 6.07) is 12.3. The van der Waals surface area contributed by atoms with E-state index in [0.717, 1.165) is 10.2 Å². The maximum Gasteiger partial charge on any atom is 0.259 e. The van der Waals surface area contributed by atoms with E-state index in [-0.39, 0.29) is 11.8 Å². The van der Waals surface area contributed by atoms with Crippen LogP contribution < -0.4 is 20.1 Å². The molecule has 1 aliphatic rings. The van der Waals surface area contributed by atoms with Crippen molar-refractivity contribution in [1.82, 2.24) is 4.98 Å². The molecule has 0 bridgehead atoms. The van der Waals surface area contributed by atoms with Gasteiger partial charge in [0.25, 0.3) is 11.8 Å². The number of thiophene rings is 1. The van der Waals surface area contributed by atoms with Gasteiger partial charge in [0.1, 0.15) is 13.2 Å². The zero-order valence-electron chi connectivity index (χ0n) is 15.5. The van der Waals surface area contributed by atoms with Gasteiger partial charge in [-0.3, -0.25) is 14.9 Å². The number of nitrogens with one attached hydrogen (secondary N) is 2. The monoisotopic (exact) mass is 437 g/mol. The number of amides is 2. The van der Waals surface area contributed by atoms with Crippen LogP contribution in [0.3, 0.4) is 0 Å². The molecule has 0 saturated carbocycles. The molecule has 0 atom stereocenters. The van der Waals surface area contributed by atoms with Gasteiger partial charge in [0.2, 0.25) is 0 Å². The van der Waals surface area contributed by atoms with Crippen molar-refractivity contribution < 1.29 is 19.1 Å². The predicted molar refractivity (Wildman–Crippen MR) is 117 cm³/mol. The van der Waals surface area contributed by atoms with Crippen molar-refractivity contribution in [2.45, 2.75) is 0 Å². The number of thiazole rings is 1. The van der Waals surface area contributed by atoms with Gasteiger partial charge in [-0.2, -0.15) is 11.3 Å². The summed E-state index contributed by atoms with van der Waals surface area (Å²) in [5.74, 6) is 0.713. The smallest absolute Gasteiger partial charge is 0.259 e. The van der Waals surface area contributed by atoms with Crippen molar-refractivity contribution in [1.29, 1.82) is 0 Å². The van der Waals surface area contributed by atoms with Gasteiger partial charge in [-0.15, -0.1) is 0 Å². The fourth-order valence-corrected chi connectivity index (χ4v) is 4.57. The fraction of sp³-hybridized carbons (Fsp3) is 0.0952. The molecule has 2 N–H and O–H groups in total. The van der Waals surface area contributed by atoms with E-state index < -0.39 is 0 Å². The van der Waals surface area contributed by atoms with Gasteiger partial charge in [0.15, 0.2) is 16.6 Å². The molecule has 2 aromatic carbocycles. The zero-order valence-corrected chi connectivity index (χ0v) is 17.1. The predicted octanol–water partition coefficient (Wildman–Crippen LogP) is 4.63. The maximum absolute atomic E-state index is 12.9. The van der Waals surface area contributed by atoms with Gasteiger partial charge in [-0.25, -0.2) is 4.98 Å². The molecule has 0 radical (unpaired) electrons. The first-order chi connectivity index (χ1) is 14.7. The van der Waals surface area contributed by atoms with Crippen LogP contribution >= 0.6 is 22.7 Å². The highest BCUT2D eigenvalue weighted by atomic mass is 32.1. The molecule has 0 aliphatic carbocycles. The van der Waals surface area contributed by atoms with E-state index in [0.29, 0.717) is 46.7 Å². The Hall–Kier alpha value is -3.43. The van der Waals surface area contributed by atoms with E-state index >= 15 is 0 Å². The third kappa shape index (κ3) is 3.60. The lowest BCUT2D eigenvalue weighted by Crippen LogP contribution is -2.17. The first-order valence-corrected chi connectivity index (χ1v) is 10.9. The highest BCUT2D eigenvalue weighted by Crippen LogP contribution is 2.38. The first-order valence-electron chi connectivity index (χ1n) is 9.11. The topological polar surface area (TPSA) is 89.6 Å². The van der Waals surface area contributed by atoms with Gasteiger partial charge in [0, 0.05) is 17.5 Å². The summed E-state index contributed by atoms with van der Waals surface area (Å²) >= 11 is 2.78. The number of hydrogen-bond acceptors (Lipinski definition) is 7. The molecule has 0 unspecified atom stereocenters. The highest BCUT2D eigenvalue weighted by molar-refractivity contribution is 7.22. The number of ether oxygens (including phenoxy) is 2. The Bertz CT molecular complexity index is 1210. The summed E-state index contributed by atoms with van der Waals surface area (Å²) in [5.41, 5.74) is 2.06. The lowest BCUT2D eigenvalue weighted by molar-refractivity contribution is 0.102. The Morgan fingerprint density at radius 2 is 1.77 bits per heavy atom. The molecule has 9 heteroatoms. The minimum Gasteiger partial charge on any atom is -0.486 e.